The fraction of sp³-hybridized carbons (Fsp3) is 0.214. The number of ketones is 2. The van der Waals surface area contributed by atoms with E-state index in [-0.39, 0.29) is 22.5 Å². The van der Waals surface area contributed by atoms with Crippen molar-refractivity contribution in [3.8, 4) is 0 Å². The maximum atomic E-state index is 11.4. The molecule has 0 amide bonds. The lowest BCUT2D eigenvalue weighted by Gasteiger charge is -1.98. The minimum Gasteiger partial charge on any atom is -0.422 e. The molecule has 0 aliphatic carbocycles. The Morgan fingerprint density at radius 2 is 1.79 bits per heavy atom. The Kier molecular flexibility index (Phi) is 5.63. The molecule has 1 aromatic carbocycles. The third kappa shape index (κ3) is 4.44. The molecule has 0 aliphatic heterocycles. The van der Waals surface area contributed by atoms with E-state index in [4.69, 9.17) is 4.42 Å². The van der Waals surface area contributed by atoms with Crippen LogP contribution in [0, 0.1) is 0 Å². The van der Waals surface area contributed by atoms with E-state index in [2.05, 4.69) is 15.9 Å². The average Bonchev–Trinajstić information content (AvgIpc) is 2.36. The molecule has 0 fully saturated rings. The van der Waals surface area contributed by atoms with Crippen molar-refractivity contribution in [1.29, 1.82) is 0 Å². The fourth-order valence-corrected chi connectivity index (χ4v) is 1.63. The molecule has 0 aliphatic rings. The summed E-state index contributed by atoms with van der Waals surface area (Å²) in [5, 5.41) is 0.872. The summed E-state index contributed by atoms with van der Waals surface area (Å²) in [4.78, 5) is 32.2. The molecule has 1 heterocycles. The summed E-state index contributed by atoms with van der Waals surface area (Å²) in [5.41, 5.74) is -0.00246. The Bertz CT molecular complexity index is 654. The number of alkyl halides is 1. The first-order chi connectivity index (χ1) is 8.95. The minimum atomic E-state index is -0.585. The van der Waals surface area contributed by atoms with E-state index < -0.39 is 5.63 Å². The van der Waals surface area contributed by atoms with Gasteiger partial charge in [-0.05, 0) is 26.0 Å². The second-order valence-corrected chi connectivity index (χ2v) is 4.51. The highest BCUT2D eigenvalue weighted by atomic mass is 79.9. The van der Waals surface area contributed by atoms with Crippen molar-refractivity contribution in [1.82, 2.24) is 0 Å². The van der Waals surface area contributed by atoms with E-state index in [1.807, 2.05) is 6.07 Å². The third-order valence-electron chi connectivity index (χ3n) is 2.06. The predicted molar refractivity (Wildman–Crippen MR) is 77.0 cm³/mol. The van der Waals surface area contributed by atoms with Crippen LogP contribution in [0.1, 0.15) is 24.2 Å². The molecule has 0 atom stereocenters. The summed E-state index contributed by atoms with van der Waals surface area (Å²) >= 11 is 3.02. The molecule has 0 saturated carbocycles. The van der Waals surface area contributed by atoms with Gasteiger partial charge in [-0.1, -0.05) is 34.1 Å². The highest BCUT2D eigenvalue weighted by Gasteiger charge is 2.11. The summed E-state index contributed by atoms with van der Waals surface area (Å²) in [6, 6.07) is 8.65. The van der Waals surface area contributed by atoms with Gasteiger partial charge in [-0.2, -0.15) is 0 Å². The van der Waals surface area contributed by atoms with Crippen LogP contribution in [0.5, 0.6) is 0 Å². The van der Waals surface area contributed by atoms with E-state index in [9.17, 15) is 14.4 Å². The van der Waals surface area contributed by atoms with E-state index in [0.717, 1.165) is 5.39 Å². The van der Waals surface area contributed by atoms with Gasteiger partial charge in [-0.25, -0.2) is 4.79 Å². The highest BCUT2D eigenvalue weighted by molar-refractivity contribution is 9.09. The van der Waals surface area contributed by atoms with E-state index in [1.54, 1.807) is 24.3 Å². The van der Waals surface area contributed by atoms with Crippen molar-refractivity contribution < 1.29 is 14.0 Å². The van der Waals surface area contributed by atoms with Crippen molar-refractivity contribution >= 4 is 38.5 Å². The number of carbonyl (C=O) groups excluding carboxylic acids is 2. The first-order valence-electron chi connectivity index (χ1n) is 5.55. The number of para-hydroxylation sites is 1. The molecule has 4 nitrogen and oxygen atoms in total. The second kappa shape index (κ2) is 6.99. The number of hydrogen-bond donors (Lipinski definition) is 0. The van der Waals surface area contributed by atoms with Crippen LogP contribution in [0.25, 0.3) is 11.0 Å². The molecule has 2 aromatic rings. The van der Waals surface area contributed by atoms with Gasteiger partial charge < -0.3 is 9.21 Å². The molecule has 0 spiro atoms. The van der Waals surface area contributed by atoms with E-state index in [1.165, 1.54) is 13.8 Å². The van der Waals surface area contributed by atoms with Crippen LogP contribution >= 0.6 is 15.9 Å². The Hall–Kier alpha value is -1.75. The van der Waals surface area contributed by atoms with Gasteiger partial charge >= 0.3 is 5.63 Å². The lowest BCUT2D eigenvalue weighted by atomic mass is 10.1. The lowest BCUT2D eigenvalue weighted by Crippen LogP contribution is -2.14. The Labute approximate surface area is 118 Å². The summed E-state index contributed by atoms with van der Waals surface area (Å²) in [7, 11) is 0. The first-order valence-corrected chi connectivity index (χ1v) is 6.67. The quantitative estimate of drug-likeness (QED) is 0.484. The summed E-state index contributed by atoms with van der Waals surface area (Å²) in [6.07, 6.45) is 0. The third-order valence-corrected chi connectivity index (χ3v) is 2.57. The van der Waals surface area contributed by atoms with Crippen molar-refractivity contribution in [2.75, 3.05) is 5.33 Å². The standard InChI is InChI=1S/C11H7BrO3.C3H6O/c12-6-9(13)8-5-7-3-1-2-4-10(7)15-11(8)14;1-3(2)4/h1-5H,6H2;1-2H3. The van der Waals surface area contributed by atoms with Gasteiger partial charge in [0.15, 0.2) is 5.78 Å². The summed E-state index contributed by atoms with van der Waals surface area (Å²) in [5.74, 6) is -0.102. The van der Waals surface area contributed by atoms with E-state index >= 15 is 0 Å². The minimum absolute atomic E-state index is 0.0885. The zero-order chi connectivity index (χ0) is 14.4. The van der Waals surface area contributed by atoms with Crippen molar-refractivity contribution in [2.45, 2.75) is 13.8 Å². The van der Waals surface area contributed by atoms with Crippen molar-refractivity contribution in [3.63, 3.8) is 0 Å². The molecule has 0 N–H and O–H groups in total. The molecule has 0 unspecified atom stereocenters. The largest absolute Gasteiger partial charge is 0.422 e. The summed E-state index contributed by atoms with van der Waals surface area (Å²) in [6.45, 7) is 3.06. The summed E-state index contributed by atoms with van der Waals surface area (Å²) < 4.78 is 5.02. The number of rotatable bonds is 2. The van der Waals surface area contributed by atoms with Crippen LogP contribution in [0.3, 0.4) is 0 Å². The van der Waals surface area contributed by atoms with Gasteiger partial charge in [0.1, 0.15) is 16.9 Å². The molecule has 1 aromatic heterocycles. The SMILES string of the molecule is CC(C)=O.O=C(CBr)c1cc2ccccc2oc1=O. The number of carbonyl (C=O) groups is 2. The monoisotopic (exact) mass is 324 g/mol. The Morgan fingerprint density at radius 1 is 1.21 bits per heavy atom. The number of benzene rings is 1. The highest BCUT2D eigenvalue weighted by Crippen LogP contribution is 2.13. The maximum absolute atomic E-state index is 11.4. The second-order valence-electron chi connectivity index (χ2n) is 3.95. The molecular weight excluding hydrogens is 312 g/mol. The topological polar surface area (TPSA) is 64.3 Å². The van der Waals surface area contributed by atoms with Crippen LogP contribution in [0.15, 0.2) is 39.5 Å². The van der Waals surface area contributed by atoms with Gasteiger partial charge in [0.05, 0.1) is 5.33 Å². The number of halogens is 1. The van der Waals surface area contributed by atoms with Crippen molar-refractivity contribution in [2.24, 2.45) is 0 Å². The lowest BCUT2D eigenvalue weighted by molar-refractivity contribution is -0.114. The fourth-order valence-electron chi connectivity index (χ4n) is 1.33. The molecule has 0 saturated heterocycles. The number of Topliss-reactive ketones (excluding diaryl/α,β-unsaturated/α-hetero) is 2. The Morgan fingerprint density at radius 3 is 2.37 bits per heavy atom. The molecule has 0 bridgehead atoms. The van der Waals surface area contributed by atoms with Crippen LogP contribution in [-0.2, 0) is 4.79 Å². The Balaban J connectivity index is 0.000000399. The molecule has 19 heavy (non-hydrogen) atoms. The van der Waals surface area contributed by atoms with Crippen LogP contribution < -0.4 is 5.63 Å². The van der Waals surface area contributed by atoms with E-state index in [0.29, 0.717) is 5.58 Å². The predicted octanol–water partition coefficient (Wildman–Crippen LogP) is 2.97. The van der Waals surface area contributed by atoms with Crippen molar-refractivity contribution in [3.05, 3.63) is 46.3 Å². The number of fused-ring (bicyclic) bond motifs is 1. The smallest absolute Gasteiger partial charge is 0.347 e. The first kappa shape index (κ1) is 15.3. The zero-order valence-electron chi connectivity index (χ0n) is 10.6. The maximum Gasteiger partial charge on any atom is 0.347 e. The molecular formula is C14H13BrO4. The van der Waals surface area contributed by atoms with Gasteiger partial charge in [0.2, 0.25) is 0 Å². The zero-order valence-corrected chi connectivity index (χ0v) is 12.2. The average molecular weight is 325 g/mol. The van der Waals surface area contributed by atoms with Gasteiger partial charge in [0.25, 0.3) is 0 Å². The van der Waals surface area contributed by atoms with Gasteiger partial charge in [-0.15, -0.1) is 0 Å². The molecule has 5 heteroatoms. The molecule has 2 rings (SSSR count). The van der Waals surface area contributed by atoms with Crippen LogP contribution in [0.4, 0.5) is 0 Å². The normalized spacial score (nSPS) is 9.63. The van der Waals surface area contributed by atoms with Gasteiger partial charge in [-0.3, -0.25) is 4.79 Å². The van der Waals surface area contributed by atoms with Crippen LogP contribution in [-0.4, -0.2) is 16.9 Å². The van der Waals surface area contributed by atoms with Gasteiger partial charge in [0, 0.05) is 5.39 Å². The molecule has 0 radical (unpaired) electrons. The van der Waals surface area contributed by atoms with Crippen LogP contribution in [0.2, 0.25) is 0 Å². The number of hydrogen-bond acceptors (Lipinski definition) is 4. The molecule has 100 valence electrons.